The second-order valence-electron chi connectivity index (χ2n) is 4.39. The number of hydrogen-bond donors (Lipinski definition) is 1. The molecule has 0 spiro atoms. The molecule has 1 rings (SSSR count). The van der Waals surface area contributed by atoms with Gasteiger partial charge in [0.25, 0.3) is 0 Å². The Labute approximate surface area is 120 Å². The van der Waals surface area contributed by atoms with Crippen LogP contribution < -0.4 is 15.2 Å². The number of methoxy groups -OCH3 is 1. The third-order valence-electron chi connectivity index (χ3n) is 2.69. The van der Waals surface area contributed by atoms with Crippen molar-refractivity contribution in [3.05, 3.63) is 22.7 Å². The van der Waals surface area contributed by atoms with Gasteiger partial charge in [-0.1, -0.05) is 18.5 Å². The Hall–Kier alpha value is -1.14. The predicted molar refractivity (Wildman–Crippen MR) is 71.5 cm³/mol. The second-order valence-corrected chi connectivity index (χ2v) is 4.79. The fourth-order valence-corrected chi connectivity index (χ4v) is 1.92. The van der Waals surface area contributed by atoms with Gasteiger partial charge in [0, 0.05) is 6.04 Å². The van der Waals surface area contributed by atoms with Crippen LogP contribution in [0.2, 0.25) is 5.02 Å². The van der Waals surface area contributed by atoms with Gasteiger partial charge in [-0.2, -0.15) is 13.2 Å². The van der Waals surface area contributed by atoms with Gasteiger partial charge in [-0.15, -0.1) is 0 Å². The van der Waals surface area contributed by atoms with Crippen LogP contribution in [0.25, 0.3) is 0 Å². The zero-order valence-electron chi connectivity index (χ0n) is 11.3. The molecule has 3 nitrogen and oxygen atoms in total. The van der Waals surface area contributed by atoms with Gasteiger partial charge in [-0.25, -0.2) is 0 Å². The summed E-state index contributed by atoms with van der Waals surface area (Å²) in [5.41, 5.74) is 6.63. The van der Waals surface area contributed by atoms with Gasteiger partial charge in [0.2, 0.25) is 0 Å². The van der Waals surface area contributed by atoms with Crippen LogP contribution in [0.15, 0.2) is 12.1 Å². The molecule has 2 N–H and O–H groups in total. The smallest absolute Gasteiger partial charge is 0.422 e. The van der Waals surface area contributed by atoms with Crippen LogP contribution in [0.4, 0.5) is 13.2 Å². The Morgan fingerprint density at radius 3 is 2.50 bits per heavy atom. The lowest BCUT2D eigenvalue weighted by Gasteiger charge is -2.16. The molecule has 1 unspecified atom stereocenters. The first-order valence-corrected chi connectivity index (χ1v) is 6.46. The third kappa shape index (κ3) is 5.09. The molecule has 0 radical (unpaired) electrons. The molecule has 1 aromatic rings. The van der Waals surface area contributed by atoms with E-state index < -0.39 is 12.8 Å². The van der Waals surface area contributed by atoms with E-state index >= 15 is 0 Å². The van der Waals surface area contributed by atoms with E-state index in [9.17, 15) is 13.2 Å². The summed E-state index contributed by atoms with van der Waals surface area (Å²) in [6.45, 7) is 0.529. The molecule has 0 fully saturated rings. The summed E-state index contributed by atoms with van der Waals surface area (Å²) < 4.78 is 46.3. The highest BCUT2D eigenvalue weighted by atomic mass is 35.5. The second kappa shape index (κ2) is 7.04. The number of ether oxygens (including phenoxy) is 2. The van der Waals surface area contributed by atoms with E-state index in [1.807, 2.05) is 6.92 Å². The van der Waals surface area contributed by atoms with Crippen molar-refractivity contribution >= 4 is 11.6 Å². The lowest BCUT2D eigenvalue weighted by Crippen LogP contribution is -2.21. The minimum atomic E-state index is -4.43. The number of hydrogen-bond acceptors (Lipinski definition) is 3. The van der Waals surface area contributed by atoms with Crippen LogP contribution >= 0.6 is 11.6 Å². The lowest BCUT2D eigenvalue weighted by molar-refractivity contribution is -0.153. The van der Waals surface area contributed by atoms with Crippen LogP contribution in [0.3, 0.4) is 0 Å². The first-order chi connectivity index (χ1) is 9.26. The van der Waals surface area contributed by atoms with Gasteiger partial charge in [-0.05, 0) is 30.5 Å². The standard InChI is InChI=1S/C13H17ClF3NO2/c1-3-9(18)4-8-5-10(14)12(11(6-8)19-2)20-7-13(15,16)17/h5-6,9H,3-4,7,18H2,1-2H3. The normalized spacial score (nSPS) is 13.2. The van der Waals surface area contributed by atoms with Gasteiger partial charge in [-0.3, -0.25) is 0 Å². The van der Waals surface area contributed by atoms with Crippen molar-refractivity contribution in [3.8, 4) is 11.5 Å². The van der Waals surface area contributed by atoms with E-state index in [1.54, 1.807) is 12.1 Å². The molecule has 0 aromatic heterocycles. The first-order valence-electron chi connectivity index (χ1n) is 6.08. The molecule has 0 amide bonds. The molecule has 7 heteroatoms. The summed E-state index contributed by atoms with van der Waals surface area (Å²) in [4.78, 5) is 0. The van der Waals surface area contributed by atoms with Crippen LogP contribution in [0.1, 0.15) is 18.9 Å². The third-order valence-corrected chi connectivity index (χ3v) is 2.97. The quantitative estimate of drug-likeness (QED) is 0.873. The van der Waals surface area contributed by atoms with Crippen molar-refractivity contribution < 1.29 is 22.6 Å². The van der Waals surface area contributed by atoms with Crippen molar-refractivity contribution in [2.45, 2.75) is 32.0 Å². The minimum Gasteiger partial charge on any atom is -0.493 e. The van der Waals surface area contributed by atoms with Gasteiger partial charge in [0.1, 0.15) is 0 Å². The number of nitrogens with two attached hydrogens (primary N) is 1. The number of benzene rings is 1. The molecule has 0 aliphatic rings. The maximum absolute atomic E-state index is 12.2. The highest BCUT2D eigenvalue weighted by molar-refractivity contribution is 6.32. The first kappa shape index (κ1) is 16.9. The summed E-state index contributed by atoms with van der Waals surface area (Å²) in [5.74, 6) is 0.0559. The van der Waals surface area contributed by atoms with Gasteiger partial charge >= 0.3 is 6.18 Å². The highest BCUT2D eigenvalue weighted by Crippen LogP contribution is 2.37. The maximum Gasteiger partial charge on any atom is 0.422 e. The van der Waals surface area contributed by atoms with Crippen molar-refractivity contribution in [2.24, 2.45) is 5.73 Å². The van der Waals surface area contributed by atoms with Crippen LogP contribution in [0, 0.1) is 0 Å². The van der Waals surface area contributed by atoms with Crippen molar-refractivity contribution in [2.75, 3.05) is 13.7 Å². The van der Waals surface area contributed by atoms with E-state index in [-0.39, 0.29) is 22.6 Å². The fraction of sp³-hybridized carbons (Fsp3) is 0.538. The summed E-state index contributed by atoms with van der Waals surface area (Å²) >= 11 is 5.96. The molecular formula is C13H17ClF3NO2. The Morgan fingerprint density at radius 1 is 1.35 bits per heavy atom. The molecule has 20 heavy (non-hydrogen) atoms. The Kier molecular flexibility index (Phi) is 5.95. The predicted octanol–water partition coefficient (Wildman–Crippen LogP) is 3.57. The zero-order valence-corrected chi connectivity index (χ0v) is 12.0. The molecule has 0 heterocycles. The van der Waals surface area contributed by atoms with Crippen LogP contribution in [0.5, 0.6) is 11.5 Å². The zero-order chi connectivity index (χ0) is 15.3. The van der Waals surface area contributed by atoms with Crippen molar-refractivity contribution in [1.29, 1.82) is 0 Å². The summed E-state index contributed by atoms with van der Waals surface area (Å²) in [7, 11) is 1.34. The Bertz CT molecular complexity index is 452. The van der Waals surface area contributed by atoms with E-state index in [4.69, 9.17) is 26.8 Å². The molecule has 114 valence electrons. The monoisotopic (exact) mass is 311 g/mol. The molecule has 0 bridgehead atoms. The molecule has 0 saturated carbocycles. The average Bonchev–Trinajstić information content (AvgIpc) is 2.35. The van der Waals surface area contributed by atoms with E-state index in [1.165, 1.54) is 7.11 Å². The van der Waals surface area contributed by atoms with Gasteiger partial charge in [0.05, 0.1) is 12.1 Å². The molecule has 0 saturated heterocycles. The summed E-state index contributed by atoms with van der Waals surface area (Å²) in [6, 6.07) is 3.09. The number of rotatable bonds is 6. The molecular weight excluding hydrogens is 295 g/mol. The SMILES string of the molecule is CCC(N)Cc1cc(Cl)c(OCC(F)(F)F)c(OC)c1. The topological polar surface area (TPSA) is 44.5 Å². The van der Waals surface area contributed by atoms with Crippen LogP contribution in [-0.4, -0.2) is 25.9 Å². The molecule has 1 aromatic carbocycles. The highest BCUT2D eigenvalue weighted by Gasteiger charge is 2.29. The molecule has 1 atom stereocenters. The fourth-order valence-electron chi connectivity index (χ4n) is 1.63. The van der Waals surface area contributed by atoms with Gasteiger partial charge in [0.15, 0.2) is 18.1 Å². The number of alkyl halides is 3. The minimum absolute atomic E-state index is 0.0438. The Balaban J connectivity index is 2.96. The maximum atomic E-state index is 12.2. The van der Waals surface area contributed by atoms with E-state index in [0.29, 0.717) is 6.42 Å². The lowest BCUT2D eigenvalue weighted by atomic mass is 10.0. The molecule has 0 aliphatic carbocycles. The van der Waals surface area contributed by atoms with Crippen molar-refractivity contribution in [3.63, 3.8) is 0 Å². The molecule has 0 aliphatic heterocycles. The largest absolute Gasteiger partial charge is 0.493 e. The van der Waals surface area contributed by atoms with Crippen molar-refractivity contribution in [1.82, 2.24) is 0 Å². The summed E-state index contributed by atoms with van der Waals surface area (Å²) in [6.07, 6.45) is -3.09. The van der Waals surface area contributed by atoms with Crippen LogP contribution in [-0.2, 0) is 6.42 Å². The van der Waals surface area contributed by atoms with E-state index in [2.05, 4.69) is 0 Å². The Morgan fingerprint density at radius 2 is 2.00 bits per heavy atom. The van der Waals surface area contributed by atoms with Gasteiger partial charge < -0.3 is 15.2 Å². The summed E-state index contributed by atoms with van der Waals surface area (Å²) in [5, 5.41) is 0.0758. The average molecular weight is 312 g/mol. The number of halogens is 4. The van der Waals surface area contributed by atoms with E-state index in [0.717, 1.165) is 12.0 Å².